The van der Waals surface area contributed by atoms with E-state index in [4.69, 9.17) is 4.74 Å². The van der Waals surface area contributed by atoms with E-state index in [0.29, 0.717) is 23.5 Å². The molecule has 1 heterocycles. The van der Waals surface area contributed by atoms with E-state index in [9.17, 15) is 13.6 Å². The summed E-state index contributed by atoms with van der Waals surface area (Å²) in [6.07, 6.45) is 1.98. The molecule has 1 aromatic heterocycles. The zero-order valence-corrected chi connectivity index (χ0v) is 18.7. The molecule has 4 aromatic rings. The van der Waals surface area contributed by atoms with Crippen molar-refractivity contribution < 1.29 is 18.3 Å². The maximum atomic E-state index is 13.6. The van der Waals surface area contributed by atoms with E-state index >= 15 is 0 Å². The van der Waals surface area contributed by atoms with Crippen LogP contribution in [-0.4, -0.2) is 17.1 Å². The smallest absolute Gasteiger partial charge is 0.254 e. The molecular weight excluding hydrogens is 422 g/mol. The van der Waals surface area contributed by atoms with Gasteiger partial charge >= 0.3 is 0 Å². The summed E-state index contributed by atoms with van der Waals surface area (Å²) in [6.45, 7) is 4.70. The van der Waals surface area contributed by atoms with Gasteiger partial charge in [0, 0.05) is 23.3 Å². The quantitative estimate of drug-likeness (QED) is 0.320. The molecule has 0 fully saturated rings. The fourth-order valence-electron chi connectivity index (χ4n) is 3.94. The van der Waals surface area contributed by atoms with Crippen LogP contribution in [0, 0.1) is 18.6 Å². The number of benzene rings is 3. The monoisotopic (exact) mass is 448 g/mol. The summed E-state index contributed by atoms with van der Waals surface area (Å²) in [6, 6.07) is 19.2. The van der Waals surface area contributed by atoms with Crippen molar-refractivity contribution in [3.05, 3.63) is 95.2 Å². The van der Waals surface area contributed by atoms with Crippen LogP contribution in [0.3, 0.4) is 0 Å². The number of amides is 1. The molecule has 0 radical (unpaired) electrons. The third-order valence-electron chi connectivity index (χ3n) is 5.62. The minimum atomic E-state index is -0.938. The Balaban J connectivity index is 1.72. The van der Waals surface area contributed by atoms with Crippen molar-refractivity contribution in [2.45, 2.75) is 33.2 Å². The lowest BCUT2D eigenvalue weighted by atomic mass is 10.1. The Kier molecular flexibility index (Phi) is 6.73. The van der Waals surface area contributed by atoms with Crippen molar-refractivity contribution in [1.29, 1.82) is 0 Å². The van der Waals surface area contributed by atoms with Gasteiger partial charge in [-0.05, 0) is 61.4 Å². The first kappa shape index (κ1) is 22.5. The van der Waals surface area contributed by atoms with E-state index in [1.165, 1.54) is 6.07 Å². The van der Waals surface area contributed by atoms with Crippen LogP contribution < -0.4 is 10.1 Å². The van der Waals surface area contributed by atoms with Crippen LogP contribution in [0.5, 0.6) is 5.75 Å². The molecule has 0 saturated carbocycles. The predicted octanol–water partition coefficient (Wildman–Crippen LogP) is 6.33. The van der Waals surface area contributed by atoms with Gasteiger partial charge in [-0.15, -0.1) is 0 Å². The van der Waals surface area contributed by atoms with Crippen molar-refractivity contribution >= 4 is 16.8 Å². The highest BCUT2D eigenvalue weighted by Gasteiger charge is 2.21. The summed E-state index contributed by atoms with van der Waals surface area (Å²) in [5.74, 6) is -1.44. The predicted molar refractivity (Wildman–Crippen MR) is 126 cm³/mol. The number of aromatic nitrogens is 1. The molecule has 4 rings (SSSR count). The molecule has 6 heteroatoms. The number of para-hydroxylation sites is 1. The highest BCUT2D eigenvalue weighted by atomic mass is 19.2. The molecule has 0 spiro atoms. The molecule has 1 amide bonds. The maximum absolute atomic E-state index is 13.6. The van der Waals surface area contributed by atoms with Gasteiger partial charge in [0.25, 0.3) is 5.91 Å². The Morgan fingerprint density at radius 3 is 2.52 bits per heavy atom. The Morgan fingerprint density at radius 1 is 1.00 bits per heavy atom. The minimum absolute atomic E-state index is 0.0835. The van der Waals surface area contributed by atoms with Crippen LogP contribution >= 0.6 is 0 Å². The van der Waals surface area contributed by atoms with E-state index in [1.807, 2.05) is 60.0 Å². The van der Waals surface area contributed by atoms with Crippen molar-refractivity contribution in [3.8, 4) is 11.4 Å². The Morgan fingerprint density at radius 2 is 1.79 bits per heavy atom. The Hall–Kier alpha value is -3.67. The lowest BCUT2D eigenvalue weighted by molar-refractivity contribution is 0.0952. The summed E-state index contributed by atoms with van der Waals surface area (Å²) in [5, 5.41) is 3.62. The third kappa shape index (κ3) is 4.75. The number of nitrogens with zero attached hydrogens (tertiary/aromatic N) is 1. The highest BCUT2D eigenvalue weighted by Crippen LogP contribution is 2.32. The molecule has 0 bridgehead atoms. The molecule has 0 aliphatic carbocycles. The molecule has 33 heavy (non-hydrogen) atoms. The largest absolute Gasteiger partial charge is 0.494 e. The fraction of sp³-hybridized carbons (Fsp3) is 0.222. The molecule has 3 aromatic carbocycles. The van der Waals surface area contributed by atoms with Gasteiger partial charge in [0.2, 0.25) is 0 Å². The van der Waals surface area contributed by atoms with Gasteiger partial charge < -0.3 is 14.6 Å². The lowest BCUT2D eigenvalue weighted by Crippen LogP contribution is -2.23. The average Bonchev–Trinajstić information content (AvgIpc) is 3.11. The average molecular weight is 449 g/mol. The van der Waals surface area contributed by atoms with Crippen LogP contribution in [0.1, 0.15) is 41.4 Å². The van der Waals surface area contributed by atoms with Gasteiger partial charge in [0.1, 0.15) is 5.75 Å². The summed E-state index contributed by atoms with van der Waals surface area (Å²) in [4.78, 5) is 13.3. The second-order valence-corrected chi connectivity index (χ2v) is 7.94. The van der Waals surface area contributed by atoms with Gasteiger partial charge in [-0.3, -0.25) is 4.79 Å². The summed E-state index contributed by atoms with van der Waals surface area (Å²) in [7, 11) is 0. The van der Waals surface area contributed by atoms with Crippen molar-refractivity contribution in [2.24, 2.45) is 0 Å². The van der Waals surface area contributed by atoms with Gasteiger partial charge in [-0.1, -0.05) is 37.6 Å². The molecule has 170 valence electrons. The van der Waals surface area contributed by atoms with Crippen LogP contribution in [0.15, 0.2) is 66.7 Å². The standard InChI is InChI=1S/C27H26F2N2O2/c1-3-4-14-33-21-11-13-25-22(16-21)26(18(2)31(25)20-8-6-5-7-9-20)27(32)30-17-19-10-12-23(28)24(29)15-19/h5-13,15-16H,3-4,14,17H2,1-2H3,(H,30,32). The number of nitrogens with one attached hydrogen (secondary N) is 1. The van der Waals surface area contributed by atoms with E-state index in [0.717, 1.165) is 47.3 Å². The number of ether oxygens (including phenoxy) is 1. The van der Waals surface area contributed by atoms with Crippen LogP contribution in [0.4, 0.5) is 8.78 Å². The summed E-state index contributed by atoms with van der Waals surface area (Å²) >= 11 is 0. The highest BCUT2D eigenvalue weighted by molar-refractivity contribution is 6.09. The Bertz CT molecular complexity index is 1280. The number of hydrogen-bond donors (Lipinski definition) is 1. The van der Waals surface area contributed by atoms with Crippen molar-refractivity contribution in [1.82, 2.24) is 9.88 Å². The van der Waals surface area contributed by atoms with E-state index < -0.39 is 11.6 Å². The SMILES string of the molecule is CCCCOc1ccc2c(c1)c(C(=O)NCc1ccc(F)c(F)c1)c(C)n2-c1ccccc1. The van der Waals surface area contributed by atoms with Crippen LogP contribution in [0.2, 0.25) is 0 Å². The normalized spacial score (nSPS) is 11.0. The molecule has 0 unspecified atom stereocenters. The minimum Gasteiger partial charge on any atom is -0.494 e. The lowest BCUT2D eigenvalue weighted by Gasteiger charge is -2.09. The number of carbonyl (C=O) groups excluding carboxylic acids is 1. The molecular formula is C27H26F2N2O2. The zero-order chi connectivity index (χ0) is 23.4. The van der Waals surface area contributed by atoms with Gasteiger partial charge in [0.05, 0.1) is 17.7 Å². The fourth-order valence-corrected chi connectivity index (χ4v) is 3.94. The second-order valence-electron chi connectivity index (χ2n) is 7.94. The van der Waals surface area contributed by atoms with Gasteiger partial charge in [-0.2, -0.15) is 0 Å². The first-order valence-corrected chi connectivity index (χ1v) is 11.0. The first-order chi connectivity index (χ1) is 16.0. The molecule has 0 aliphatic rings. The zero-order valence-electron chi connectivity index (χ0n) is 18.7. The van der Waals surface area contributed by atoms with Crippen LogP contribution in [-0.2, 0) is 6.54 Å². The topological polar surface area (TPSA) is 43.3 Å². The number of carbonyl (C=O) groups is 1. The van der Waals surface area contributed by atoms with Gasteiger partial charge in [-0.25, -0.2) is 8.78 Å². The maximum Gasteiger partial charge on any atom is 0.254 e. The van der Waals surface area contributed by atoms with E-state index in [1.54, 1.807) is 0 Å². The van der Waals surface area contributed by atoms with Gasteiger partial charge in [0.15, 0.2) is 11.6 Å². The number of unbranched alkanes of at least 4 members (excludes halogenated alkanes) is 1. The summed E-state index contributed by atoms with van der Waals surface area (Å²) < 4.78 is 34.7. The number of rotatable bonds is 8. The van der Waals surface area contributed by atoms with E-state index in [-0.39, 0.29) is 12.5 Å². The molecule has 4 nitrogen and oxygen atoms in total. The Labute approximate surface area is 191 Å². The number of fused-ring (bicyclic) bond motifs is 1. The second kappa shape index (κ2) is 9.86. The first-order valence-electron chi connectivity index (χ1n) is 11.0. The van der Waals surface area contributed by atoms with Crippen molar-refractivity contribution in [3.63, 3.8) is 0 Å². The molecule has 1 N–H and O–H groups in total. The van der Waals surface area contributed by atoms with E-state index in [2.05, 4.69) is 12.2 Å². The van der Waals surface area contributed by atoms with Crippen molar-refractivity contribution in [2.75, 3.05) is 6.61 Å². The summed E-state index contributed by atoms with van der Waals surface area (Å²) in [5.41, 5.74) is 3.62. The number of halogens is 2. The molecule has 0 aliphatic heterocycles. The third-order valence-corrected chi connectivity index (χ3v) is 5.62. The molecule has 0 saturated heterocycles. The number of hydrogen-bond acceptors (Lipinski definition) is 2. The van der Waals surface area contributed by atoms with Crippen LogP contribution in [0.25, 0.3) is 16.6 Å². The molecule has 0 atom stereocenters.